The minimum absolute atomic E-state index is 0.218. The highest BCUT2D eigenvalue weighted by atomic mass is 19.4. The molecule has 0 aliphatic heterocycles. The van der Waals surface area contributed by atoms with Gasteiger partial charge in [-0.3, -0.25) is 0 Å². The van der Waals surface area contributed by atoms with Gasteiger partial charge in [0.05, 0.1) is 0 Å². The summed E-state index contributed by atoms with van der Waals surface area (Å²) in [4.78, 5) is 0. The number of alkyl halides is 3. The highest BCUT2D eigenvalue weighted by molar-refractivity contribution is 5.71. The van der Waals surface area contributed by atoms with Crippen LogP contribution in [0.25, 0.3) is 11.1 Å². The number of halogens is 3. The molecule has 2 rings (SSSR count). The molecule has 0 aromatic heterocycles. The third-order valence-corrected chi connectivity index (χ3v) is 2.93. The fourth-order valence-electron chi connectivity index (χ4n) is 1.95. The second-order valence-electron chi connectivity index (χ2n) is 4.71. The number of hydrogen-bond donors (Lipinski definition) is 1. The van der Waals surface area contributed by atoms with Gasteiger partial charge in [0.25, 0.3) is 0 Å². The zero-order chi connectivity index (χ0) is 16.2. The largest absolute Gasteiger partial charge is 0.573 e. The van der Waals surface area contributed by atoms with Crippen LogP contribution < -0.4 is 15.2 Å². The lowest BCUT2D eigenvalue weighted by molar-refractivity contribution is -0.274. The Morgan fingerprint density at radius 2 is 1.73 bits per heavy atom. The van der Waals surface area contributed by atoms with Gasteiger partial charge in [-0.1, -0.05) is 29.8 Å². The van der Waals surface area contributed by atoms with Crippen molar-refractivity contribution in [1.82, 2.24) is 0 Å². The smallest absolute Gasteiger partial charge is 0.492 e. The molecule has 118 valence electrons. The summed E-state index contributed by atoms with van der Waals surface area (Å²) in [7, 11) is 0. The van der Waals surface area contributed by atoms with Crippen molar-refractivity contribution in [2.45, 2.75) is 13.3 Å². The van der Waals surface area contributed by atoms with E-state index in [1.807, 2.05) is 19.1 Å². The number of nitrogens with two attached hydrogens (primary N) is 1. The zero-order valence-electron chi connectivity index (χ0n) is 12.0. The highest BCUT2D eigenvalue weighted by Gasteiger charge is 2.32. The molecule has 0 amide bonds. The van der Waals surface area contributed by atoms with Gasteiger partial charge in [-0.25, -0.2) is 0 Å². The van der Waals surface area contributed by atoms with Gasteiger partial charge in [-0.15, -0.1) is 13.2 Å². The average molecular weight is 311 g/mol. The van der Waals surface area contributed by atoms with Crippen molar-refractivity contribution in [2.75, 3.05) is 13.2 Å². The van der Waals surface area contributed by atoms with Crippen molar-refractivity contribution in [3.63, 3.8) is 0 Å². The van der Waals surface area contributed by atoms with Gasteiger partial charge in [0.1, 0.15) is 18.1 Å². The van der Waals surface area contributed by atoms with Gasteiger partial charge in [-0.05, 0) is 24.6 Å². The van der Waals surface area contributed by atoms with Crippen molar-refractivity contribution in [3.05, 3.63) is 48.0 Å². The van der Waals surface area contributed by atoms with Crippen molar-refractivity contribution >= 4 is 0 Å². The predicted molar refractivity (Wildman–Crippen MR) is 77.8 cm³/mol. The Morgan fingerprint density at radius 1 is 1.05 bits per heavy atom. The molecule has 0 unspecified atom stereocenters. The third kappa shape index (κ3) is 4.39. The van der Waals surface area contributed by atoms with Crippen molar-refractivity contribution < 1.29 is 22.6 Å². The highest BCUT2D eigenvalue weighted by Crippen LogP contribution is 2.36. The molecule has 0 spiro atoms. The summed E-state index contributed by atoms with van der Waals surface area (Å²) in [6, 6.07) is 11.5. The van der Waals surface area contributed by atoms with Crippen LogP contribution in [0.2, 0.25) is 0 Å². The summed E-state index contributed by atoms with van der Waals surface area (Å²) in [5.41, 5.74) is 7.31. The Morgan fingerprint density at radius 3 is 2.32 bits per heavy atom. The van der Waals surface area contributed by atoms with Crippen LogP contribution in [-0.2, 0) is 0 Å². The maximum Gasteiger partial charge on any atom is 0.573 e. The molecular formula is C16H16F3NO2. The molecule has 2 N–H and O–H groups in total. The molecule has 6 heteroatoms. The molecule has 0 aliphatic rings. The van der Waals surface area contributed by atoms with E-state index in [0.717, 1.165) is 5.56 Å². The van der Waals surface area contributed by atoms with Crippen LogP contribution in [0.5, 0.6) is 11.5 Å². The summed E-state index contributed by atoms with van der Waals surface area (Å²) in [6.07, 6.45) is -4.77. The quantitative estimate of drug-likeness (QED) is 0.911. The molecular weight excluding hydrogens is 295 g/mol. The number of ether oxygens (including phenoxy) is 2. The summed E-state index contributed by atoms with van der Waals surface area (Å²) in [5.74, 6) is -0.0218. The number of rotatable bonds is 5. The van der Waals surface area contributed by atoms with Crippen LogP contribution in [0, 0.1) is 6.92 Å². The van der Waals surface area contributed by atoms with E-state index in [1.54, 1.807) is 18.2 Å². The lowest BCUT2D eigenvalue weighted by atomic mass is 10.0. The molecule has 22 heavy (non-hydrogen) atoms. The molecule has 0 fully saturated rings. The van der Waals surface area contributed by atoms with Crippen LogP contribution in [0.1, 0.15) is 5.56 Å². The Balaban J connectivity index is 2.40. The second kappa shape index (κ2) is 6.70. The van der Waals surface area contributed by atoms with E-state index < -0.39 is 6.36 Å². The summed E-state index contributed by atoms with van der Waals surface area (Å²) in [6.45, 7) is 2.39. The standard InChI is InChI=1S/C16H16F3NO2/c1-11-2-4-12(5-3-11)14-7-6-13(21-9-8-20)10-15(14)22-16(17,18)19/h2-7,10H,8-9,20H2,1H3. The van der Waals surface area contributed by atoms with E-state index in [4.69, 9.17) is 10.5 Å². The first-order valence-electron chi connectivity index (χ1n) is 6.69. The average Bonchev–Trinajstić information content (AvgIpc) is 2.45. The van der Waals surface area contributed by atoms with Gasteiger partial charge in [0, 0.05) is 18.2 Å². The third-order valence-electron chi connectivity index (χ3n) is 2.93. The van der Waals surface area contributed by atoms with E-state index in [2.05, 4.69) is 4.74 Å². The molecule has 0 atom stereocenters. The minimum atomic E-state index is -4.77. The van der Waals surface area contributed by atoms with Gasteiger partial charge < -0.3 is 15.2 Å². The van der Waals surface area contributed by atoms with Gasteiger partial charge in [0.15, 0.2) is 0 Å². The normalized spacial score (nSPS) is 11.3. The maximum atomic E-state index is 12.6. The summed E-state index contributed by atoms with van der Waals surface area (Å²) >= 11 is 0. The minimum Gasteiger partial charge on any atom is -0.492 e. The first kappa shape index (κ1) is 16.2. The maximum absolute atomic E-state index is 12.6. The van der Waals surface area contributed by atoms with Crippen LogP contribution in [0.15, 0.2) is 42.5 Å². The topological polar surface area (TPSA) is 44.5 Å². The lowest BCUT2D eigenvalue weighted by Crippen LogP contribution is -2.18. The van der Waals surface area contributed by atoms with Gasteiger partial charge >= 0.3 is 6.36 Å². The molecule has 0 saturated heterocycles. The predicted octanol–water partition coefficient (Wildman–Crippen LogP) is 3.90. The van der Waals surface area contributed by atoms with Gasteiger partial charge in [0.2, 0.25) is 0 Å². The van der Waals surface area contributed by atoms with Crippen molar-refractivity contribution in [1.29, 1.82) is 0 Å². The number of benzene rings is 2. The molecule has 2 aromatic rings. The first-order valence-corrected chi connectivity index (χ1v) is 6.69. The molecule has 2 aromatic carbocycles. The van der Waals surface area contributed by atoms with Crippen LogP contribution >= 0.6 is 0 Å². The molecule has 3 nitrogen and oxygen atoms in total. The molecule has 0 aliphatic carbocycles. The molecule has 0 heterocycles. The van der Waals surface area contributed by atoms with E-state index >= 15 is 0 Å². The van der Waals surface area contributed by atoms with Crippen LogP contribution in [-0.4, -0.2) is 19.5 Å². The Kier molecular flexibility index (Phi) is 4.92. The zero-order valence-corrected chi connectivity index (χ0v) is 12.0. The Labute approximate surface area is 126 Å². The molecule has 0 radical (unpaired) electrons. The van der Waals surface area contributed by atoms with Crippen molar-refractivity contribution in [2.24, 2.45) is 5.73 Å². The van der Waals surface area contributed by atoms with Crippen molar-refractivity contribution in [3.8, 4) is 22.6 Å². The van der Waals surface area contributed by atoms with E-state index in [0.29, 0.717) is 11.1 Å². The van der Waals surface area contributed by atoms with Gasteiger partial charge in [-0.2, -0.15) is 0 Å². The summed E-state index contributed by atoms with van der Waals surface area (Å²) in [5, 5.41) is 0. The Bertz CT molecular complexity index is 624. The number of aryl methyl sites for hydroxylation is 1. The number of hydrogen-bond acceptors (Lipinski definition) is 3. The second-order valence-corrected chi connectivity index (χ2v) is 4.71. The monoisotopic (exact) mass is 311 g/mol. The van der Waals surface area contributed by atoms with E-state index in [9.17, 15) is 13.2 Å². The SMILES string of the molecule is Cc1ccc(-c2ccc(OCCN)cc2OC(F)(F)F)cc1. The van der Waals surface area contributed by atoms with E-state index in [-0.39, 0.29) is 24.7 Å². The summed E-state index contributed by atoms with van der Waals surface area (Å²) < 4.78 is 47.2. The molecule has 0 saturated carbocycles. The fourth-order valence-corrected chi connectivity index (χ4v) is 1.95. The molecule has 0 bridgehead atoms. The lowest BCUT2D eigenvalue weighted by Gasteiger charge is -2.15. The van der Waals surface area contributed by atoms with Crippen LogP contribution in [0.3, 0.4) is 0 Å². The fraction of sp³-hybridized carbons (Fsp3) is 0.250. The van der Waals surface area contributed by atoms with Crippen LogP contribution in [0.4, 0.5) is 13.2 Å². The Hall–Kier alpha value is -2.21. The first-order chi connectivity index (χ1) is 10.4. The van der Waals surface area contributed by atoms with E-state index in [1.165, 1.54) is 12.1 Å².